The van der Waals surface area contributed by atoms with Gasteiger partial charge in [-0.05, 0) is 43.7 Å². The number of fused-ring (bicyclic) bond motifs is 3. The van der Waals surface area contributed by atoms with E-state index >= 15 is 0 Å². The number of hydrogen-bond acceptors (Lipinski definition) is 4. The summed E-state index contributed by atoms with van der Waals surface area (Å²) in [6, 6.07) is 11.4. The summed E-state index contributed by atoms with van der Waals surface area (Å²) in [4.78, 5) is 20.4. The average molecular weight is 443 g/mol. The third-order valence-corrected chi connectivity index (χ3v) is 5.35. The van der Waals surface area contributed by atoms with Crippen LogP contribution in [-0.4, -0.2) is 29.2 Å². The number of halogens is 2. The third kappa shape index (κ3) is 3.76. The van der Waals surface area contributed by atoms with Gasteiger partial charge in [-0.15, -0.1) is 0 Å². The van der Waals surface area contributed by atoms with Gasteiger partial charge in [0.1, 0.15) is 0 Å². The smallest absolute Gasteiger partial charge is 0.357 e. The van der Waals surface area contributed by atoms with Gasteiger partial charge in [-0.25, -0.2) is 9.78 Å². The number of nitrogens with one attached hydrogen (secondary N) is 1. The lowest BCUT2D eigenvalue weighted by Gasteiger charge is -2.12. The number of aromatic nitrogens is 2. The molecule has 0 aliphatic carbocycles. The molecular formula is C23H20Cl2N2O3. The van der Waals surface area contributed by atoms with E-state index in [4.69, 9.17) is 32.7 Å². The fraction of sp³-hybridized carbons (Fsp3) is 0.217. The van der Waals surface area contributed by atoms with Crippen LogP contribution in [0.1, 0.15) is 29.9 Å². The van der Waals surface area contributed by atoms with E-state index in [1.807, 2.05) is 30.3 Å². The van der Waals surface area contributed by atoms with Gasteiger partial charge >= 0.3 is 5.97 Å². The number of benzene rings is 2. The summed E-state index contributed by atoms with van der Waals surface area (Å²) < 4.78 is 10.8. The lowest BCUT2D eigenvalue weighted by molar-refractivity contribution is 0.0366. The highest BCUT2D eigenvalue weighted by atomic mass is 35.5. The van der Waals surface area contributed by atoms with Crippen molar-refractivity contribution in [2.24, 2.45) is 0 Å². The molecule has 7 heteroatoms. The normalized spacial score (nSPS) is 11.5. The summed E-state index contributed by atoms with van der Waals surface area (Å²) in [5.41, 5.74) is 4.50. The first-order valence-corrected chi connectivity index (χ1v) is 10.2. The number of ether oxygens (including phenoxy) is 2. The molecule has 0 amide bonds. The minimum Gasteiger partial charge on any atom is -0.458 e. The predicted octanol–water partition coefficient (Wildman–Crippen LogP) is 6.40. The van der Waals surface area contributed by atoms with E-state index in [1.54, 1.807) is 33.2 Å². The number of nitrogens with zero attached hydrogens (tertiary/aromatic N) is 1. The molecule has 0 aliphatic heterocycles. The van der Waals surface area contributed by atoms with Crippen molar-refractivity contribution in [2.45, 2.75) is 26.6 Å². The van der Waals surface area contributed by atoms with Crippen LogP contribution >= 0.6 is 23.2 Å². The molecule has 0 bridgehead atoms. The minimum atomic E-state index is -0.467. The second-order valence-electron chi connectivity index (χ2n) is 7.27. The summed E-state index contributed by atoms with van der Waals surface area (Å²) in [5, 5.41) is 2.98. The lowest BCUT2D eigenvalue weighted by Crippen LogP contribution is -2.15. The Morgan fingerprint density at radius 2 is 1.93 bits per heavy atom. The van der Waals surface area contributed by atoms with Gasteiger partial charge in [0.15, 0.2) is 5.69 Å². The van der Waals surface area contributed by atoms with Crippen LogP contribution in [-0.2, 0) is 16.1 Å². The molecule has 30 heavy (non-hydrogen) atoms. The first-order valence-electron chi connectivity index (χ1n) is 9.47. The van der Waals surface area contributed by atoms with Gasteiger partial charge in [0, 0.05) is 44.6 Å². The highest BCUT2D eigenvalue weighted by Gasteiger charge is 2.21. The van der Waals surface area contributed by atoms with Crippen molar-refractivity contribution < 1.29 is 14.3 Å². The quantitative estimate of drug-likeness (QED) is 0.363. The van der Waals surface area contributed by atoms with Crippen LogP contribution in [0.5, 0.6) is 0 Å². The van der Waals surface area contributed by atoms with Crippen LogP contribution in [0.2, 0.25) is 10.0 Å². The molecule has 5 nitrogen and oxygen atoms in total. The number of rotatable bonds is 5. The molecule has 1 N–H and O–H groups in total. The fourth-order valence-electron chi connectivity index (χ4n) is 3.58. The van der Waals surface area contributed by atoms with Gasteiger partial charge in [0.2, 0.25) is 0 Å². The van der Waals surface area contributed by atoms with Gasteiger partial charge in [0.25, 0.3) is 0 Å². The molecule has 4 aromatic rings. The van der Waals surface area contributed by atoms with Crippen LogP contribution in [0, 0.1) is 0 Å². The molecule has 154 valence electrons. The Bertz CT molecular complexity index is 1260. The Kier molecular flexibility index (Phi) is 5.69. The zero-order valence-corrected chi connectivity index (χ0v) is 18.3. The van der Waals surface area contributed by atoms with E-state index < -0.39 is 5.97 Å². The molecule has 0 spiro atoms. The molecule has 2 heterocycles. The number of esters is 1. The third-order valence-electron chi connectivity index (χ3n) is 4.80. The summed E-state index contributed by atoms with van der Waals surface area (Å²) in [5.74, 6) is -0.467. The summed E-state index contributed by atoms with van der Waals surface area (Å²) in [7, 11) is 1.59. The van der Waals surface area contributed by atoms with Crippen molar-refractivity contribution in [2.75, 3.05) is 7.11 Å². The van der Waals surface area contributed by atoms with Gasteiger partial charge in [-0.1, -0.05) is 35.3 Å². The number of aromatic amines is 1. The zero-order valence-electron chi connectivity index (χ0n) is 16.8. The summed E-state index contributed by atoms with van der Waals surface area (Å²) in [6.45, 7) is 3.84. The van der Waals surface area contributed by atoms with E-state index in [-0.39, 0.29) is 18.4 Å². The Morgan fingerprint density at radius 3 is 2.63 bits per heavy atom. The molecular weight excluding hydrogens is 423 g/mol. The predicted molar refractivity (Wildman–Crippen MR) is 120 cm³/mol. The van der Waals surface area contributed by atoms with E-state index in [9.17, 15) is 4.79 Å². The maximum atomic E-state index is 12.6. The SMILES string of the molecule is COCc1c(C(=O)OC(C)C)ncc2[nH]c3ccc(-c4ccc(Cl)cc4Cl)cc3c12. The molecule has 2 aromatic carbocycles. The molecule has 0 saturated carbocycles. The van der Waals surface area contributed by atoms with E-state index in [1.165, 1.54) is 0 Å². The molecule has 2 aromatic heterocycles. The van der Waals surface area contributed by atoms with Crippen molar-refractivity contribution in [3.05, 3.63) is 63.9 Å². The summed E-state index contributed by atoms with van der Waals surface area (Å²) in [6.07, 6.45) is 1.41. The number of hydrogen-bond donors (Lipinski definition) is 1. The monoisotopic (exact) mass is 442 g/mol. The van der Waals surface area contributed by atoms with Gasteiger partial charge in [-0.3, -0.25) is 0 Å². The molecule has 0 fully saturated rings. The fourth-order valence-corrected chi connectivity index (χ4v) is 4.10. The van der Waals surface area contributed by atoms with Crippen LogP contribution < -0.4 is 0 Å². The standard InChI is InChI=1S/C23H20Cl2N2O3/c1-12(2)30-23(28)22-17(11-29-3)21-16-8-13(15-6-5-14(24)9-18(15)25)4-7-19(16)27-20(21)10-26-22/h4-10,12,27H,11H2,1-3H3. The van der Waals surface area contributed by atoms with E-state index in [2.05, 4.69) is 9.97 Å². The first kappa shape index (κ1) is 20.7. The largest absolute Gasteiger partial charge is 0.458 e. The Morgan fingerprint density at radius 1 is 1.13 bits per heavy atom. The van der Waals surface area contributed by atoms with Crippen molar-refractivity contribution >= 4 is 51.0 Å². The van der Waals surface area contributed by atoms with Gasteiger partial charge in [0.05, 0.1) is 24.4 Å². The van der Waals surface area contributed by atoms with Crippen molar-refractivity contribution in [3.8, 4) is 11.1 Å². The van der Waals surface area contributed by atoms with Crippen LogP contribution in [0.4, 0.5) is 0 Å². The van der Waals surface area contributed by atoms with E-state index in [0.29, 0.717) is 15.6 Å². The zero-order chi connectivity index (χ0) is 21.4. The topological polar surface area (TPSA) is 64.2 Å². The minimum absolute atomic E-state index is 0.228. The maximum absolute atomic E-state index is 12.6. The van der Waals surface area contributed by atoms with Gasteiger partial charge in [-0.2, -0.15) is 0 Å². The first-order chi connectivity index (χ1) is 14.4. The average Bonchev–Trinajstić information content (AvgIpc) is 3.06. The molecule has 4 rings (SSSR count). The number of pyridine rings is 1. The number of carbonyl (C=O) groups is 1. The van der Waals surface area contributed by atoms with Crippen LogP contribution in [0.25, 0.3) is 32.9 Å². The number of carbonyl (C=O) groups excluding carboxylic acids is 1. The highest BCUT2D eigenvalue weighted by Crippen LogP contribution is 2.36. The molecule has 0 atom stereocenters. The Labute approximate surface area is 183 Å². The second-order valence-corrected chi connectivity index (χ2v) is 8.11. The highest BCUT2D eigenvalue weighted by molar-refractivity contribution is 6.36. The maximum Gasteiger partial charge on any atom is 0.357 e. The number of H-pyrrole nitrogens is 1. The van der Waals surface area contributed by atoms with E-state index in [0.717, 1.165) is 32.9 Å². The van der Waals surface area contributed by atoms with Crippen molar-refractivity contribution in [1.29, 1.82) is 0 Å². The number of methoxy groups -OCH3 is 1. The second kappa shape index (κ2) is 8.26. The Hall–Kier alpha value is -2.60. The van der Waals surface area contributed by atoms with Crippen molar-refractivity contribution in [1.82, 2.24) is 9.97 Å². The molecule has 0 aliphatic rings. The summed E-state index contributed by atoms with van der Waals surface area (Å²) >= 11 is 12.5. The Balaban J connectivity index is 1.96. The van der Waals surface area contributed by atoms with Crippen molar-refractivity contribution in [3.63, 3.8) is 0 Å². The van der Waals surface area contributed by atoms with Crippen LogP contribution in [0.15, 0.2) is 42.6 Å². The van der Waals surface area contributed by atoms with Crippen LogP contribution in [0.3, 0.4) is 0 Å². The molecule has 0 unspecified atom stereocenters. The molecule has 0 radical (unpaired) electrons. The lowest BCUT2D eigenvalue weighted by atomic mass is 10.0. The molecule has 0 saturated heterocycles. The van der Waals surface area contributed by atoms with Gasteiger partial charge < -0.3 is 14.5 Å².